The Balaban J connectivity index is 2.06. The summed E-state index contributed by atoms with van der Waals surface area (Å²) in [7, 11) is 0. The molecule has 0 saturated carbocycles. The number of benzene rings is 1. The van der Waals surface area contributed by atoms with Crippen molar-refractivity contribution in [3.63, 3.8) is 0 Å². The summed E-state index contributed by atoms with van der Waals surface area (Å²) >= 11 is 0. The molecule has 0 amide bonds. The SMILES string of the molecule is CCCc1ccc(CCCCCCNC(C)(C)C)cc1. The van der Waals surface area contributed by atoms with Gasteiger partial charge in [-0.1, -0.05) is 50.5 Å². The van der Waals surface area contributed by atoms with Crippen LogP contribution in [-0.4, -0.2) is 12.1 Å². The van der Waals surface area contributed by atoms with Crippen LogP contribution in [0.3, 0.4) is 0 Å². The topological polar surface area (TPSA) is 12.0 Å². The molecule has 0 fully saturated rings. The summed E-state index contributed by atoms with van der Waals surface area (Å²) in [5.74, 6) is 0. The van der Waals surface area contributed by atoms with E-state index in [4.69, 9.17) is 0 Å². The van der Waals surface area contributed by atoms with Gasteiger partial charge in [0.1, 0.15) is 0 Å². The number of hydrogen-bond donors (Lipinski definition) is 1. The molecule has 1 aromatic rings. The number of hydrogen-bond acceptors (Lipinski definition) is 1. The minimum Gasteiger partial charge on any atom is -0.312 e. The predicted molar refractivity (Wildman–Crippen MR) is 90.4 cm³/mol. The van der Waals surface area contributed by atoms with Gasteiger partial charge in [0.15, 0.2) is 0 Å². The largest absolute Gasteiger partial charge is 0.312 e. The van der Waals surface area contributed by atoms with Gasteiger partial charge < -0.3 is 5.32 Å². The Morgan fingerprint density at radius 3 is 1.90 bits per heavy atom. The first-order valence-electron chi connectivity index (χ1n) is 8.34. The van der Waals surface area contributed by atoms with E-state index < -0.39 is 0 Å². The fourth-order valence-corrected chi connectivity index (χ4v) is 2.43. The van der Waals surface area contributed by atoms with Crippen LogP contribution in [-0.2, 0) is 12.8 Å². The summed E-state index contributed by atoms with van der Waals surface area (Å²) in [5, 5.41) is 3.55. The van der Waals surface area contributed by atoms with E-state index in [1.165, 1.54) is 56.1 Å². The van der Waals surface area contributed by atoms with Crippen molar-refractivity contribution >= 4 is 0 Å². The minimum atomic E-state index is 0.264. The van der Waals surface area contributed by atoms with E-state index >= 15 is 0 Å². The molecular weight excluding hydrogens is 242 g/mol. The highest BCUT2D eigenvalue weighted by atomic mass is 14.9. The second-order valence-electron chi connectivity index (χ2n) is 6.91. The zero-order valence-corrected chi connectivity index (χ0v) is 14.0. The van der Waals surface area contributed by atoms with E-state index in [-0.39, 0.29) is 5.54 Å². The highest BCUT2D eigenvalue weighted by Crippen LogP contribution is 2.11. The smallest absolute Gasteiger partial charge is 0.00965 e. The summed E-state index contributed by atoms with van der Waals surface area (Å²) in [4.78, 5) is 0. The Hall–Kier alpha value is -0.820. The van der Waals surface area contributed by atoms with Crippen LogP contribution in [0, 0.1) is 0 Å². The van der Waals surface area contributed by atoms with Crippen molar-refractivity contribution in [1.29, 1.82) is 0 Å². The first-order valence-corrected chi connectivity index (χ1v) is 8.34. The molecule has 0 aromatic heterocycles. The van der Waals surface area contributed by atoms with Crippen molar-refractivity contribution < 1.29 is 0 Å². The van der Waals surface area contributed by atoms with E-state index in [0.717, 1.165) is 6.54 Å². The van der Waals surface area contributed by atoms with Crippen molar-refractivity contribution in [2.75, 3.05) is 6.54 Å². The molecule has 0 aliphatic heterocycles. The highest BCUT2D eigenvalue weighted by molar-refractivity contribution is 5.22. The van der Waals surface area contributed by atoms with Gasteiger partial charge in [0.2, 0.25) is 0 Å². The molecule has 1 rings (SSSR count). The number of aryl methyl sites for hydroxylation is 2. The molecule has 1 aromatic carbocycles. The second kappa shape index (κ2) is 9.18. The van der Waals surface area contributed by atoms with Gasteiger partial charge in [0.25, 0.3) is 0 Å². The fraction of sp³-hybridized carbons (Fsp3) is 0.684. The molecule has 1 nitrogen and oxygen atoms in total. The van der Waals surface area contributed by atoms with Crippen LogP contribution >= 0.6 is 0 Å². The molecule has 0 spiro atoms. The Labute approximate surface area is 126 Å². The lowest BCUT2D eigenvalue weighted by Crippen LogP contribution is -2.36. The van der Waals surface area contributed by atoms with E-state index in [1.54, 1.807) is 0 Å². The van der Waals surface area contributed by atoms with Crippen LogP contribution in [0.25, 0.3) is 0 Å². The molecule has 0 aliphatic carbocycles. The third-order valence-electron chi connectivity index (χ3n) is 3.61. The van der Waals surface area contributed by atoms with E-state index in [9.17, 15) is 0 Å². The Morgan fingerprint density at radius 2 is 1.35 bits per heavy atom. The monoisotopic (exact) mass is 275 g/mol. The molecule has 0 saturated heterocycles. The van der Waals surface area contributed by atoms with Gasteiger partial charge in [-0.2, -0.15) is 0 Å². The van der Waals surface area contributed by atoms with E-state index in [1.807, 2.05) is 0 Å². The lowest BCUT2D eigenvalue weighted by molar-refractivity contribution is 0.416. The number of unbranched alkanes of at least 4 members (excludes halogenated alkanes) is 3. The Bertz CT molecular complexity index is 345. The Kier molecular flexibility index (Phi) is 7.91. The summed E-state index contributed by atoms with van der Waals surface area (Å²) in [6.07, 6.45) is 9.00. The first kappa shape index (κ1) is 17.2. The number of nitrogens with one attached hydrogen (secondary N) is 1. The normalized spacial score (nSPS) is 11.8. The van der Waals surface area contributed by atoms with Gasteiger partial charge >= 0.3 is 0 Å². The van der Waals surface area contributed by atoms with Crippen molar-refractivity contribution in [2.24, 2.45) is 0 Å². The zero-order valence-electron chi connectivity index (χ0n) is 14.0. The quantitative estimate of drug-likeness (QED) is 0.616. The molecule has 0 bridgehead atoms. The van der Waals surface area contributed by atoms with E-state index in [0.29, 0.717) is 0 Å². The third-order valence-corrected chi connectivity index (χ3v) is 3.61. The van der Waals surface area contributed by atoms with E-state index in [2.05, 4.69) is 57.3 Å². The molecule has 1 N–H and O–H groups in total. The van der Waals surface area contributed by atoms with Crippen molar-refractivity contribution in [2.45, 2.75) is 78.2 Å². The van der Waals surface area contributed by atoms with Gasteiger partial charge in [0, 0.05) is 5.54 Å². The van der Waals surface area contributed by atoms with Crippen LogP contribution in [0.2, 0.25) is 0 Å². The van der Waals surface area contributed by atoms with Crippen molar-refractivity contribution in [3.8, 4) is 0 Å². The molecule has 0 aliphatic rings. The summed E-state index contributed by atoms with van der Waals surface area (Å²) in [6, 6.07) is 9.22. The molecule has 0 unspecified atom stereocenters. The van der Waals surface area contributed by atoms with Crippen LogP contribution in [0.4, 0.5) is 0 Å². The van der Waals surface area contributed by atoms with Gasteiger partial charge in [-0.05, 0) is 64.1 Å². The lowest BCUT2D eigenvalue weighted by Gasteiger charge is -2.20. The second-order valence-corrected chi connectivity index (χ2v) is 6.91. The van der Waals surface area contributed by atoms with Gasteiger partial charge in [0.05, 0.1) is 0 Å². The third kappa shape index (κ3) is 8.37. The molecule has 0 heterocycles. The average Bonchev–Trinajstić information content (AvgIpc) is 2.38. The predicted octanol–water partition coefficient (Wildman–Crippen LogP) is 5.13. The van der Waals surface area contributed by atoms with Crippen LogP contribution in [0.15, 0.2) is 24.3 Å². The molecule has 20 heavy (non-hydrogen) atoms. The Morgan fingerprint density at radius 1 is 0.800 bits per heavy atom. The highest BCUT2D eigenvalue weighted by Gasteiger charge is 2.06. The minimum absolute atomic E-state index is 0.264. The summed E-state index contributed by atoms with van der Waals surface area (Å²) in [5.41, 5.74) is 3.24. The van der Waals surface area contributed by atoms with Gasteiger partial charge in [-0.3, -0.25) is 0 Å². The van der Waals surface area contributed by atoms with Crippen LogP contribution in [0.5, 0.6) is 0 Å². The fourth-order valence-electron chi connectivity index (χ4n) is 2.43. The maximum absolute atomic E-state index is 3.55. The lowest BCUT2D eigenvalue weighted by atomic mass is 10.0. The van der Waals surface area contributed by atoms with Crippen LogP contribution in [0.1, 0.15) is 70.9 Å². The maximum atomic E-state index is 3.55. The molecular formula is C19H33N. The van der Waals surface area contributed by atoms with Crippen LogP contribution < -0.4 is 5.32 Å². The number of rotatable bonds is 9. The van der Waals surface area contributed by atoms with Crippen molar-refractivity contribution in [3.05, 3.63) is 35.4 Å². The molecule has 0 atom stereocenters. The maximum Gasteiger partial charge on any atom is 0.00965 e. The molecule has 0 radical (unpaired) electrons. The standard InChI is InChI=1S/C19H33N/c1-5-10-17-12-14-18(15-13-17)11-8-6-7-9-16-20-19(2,3)4/h12-15,20H,5-11,16H2,1-4H3. The summed E-state index contributed by atoms with van der Waals surface area (Å²) < 4.78 is 0. The van der Waals surface area contributed by atoms with Gasteiger partial charge in [-0.25, -0.2) is 0 Å². The zero-order chi connectivity index (χ0) is 14.8. The first-order chi connectivity index (χ1) is 9.51. The average molecular weight is 275 g/mol. The molecule has 1 heteroatoms. The van der Waals surface area contributed by atoms with Gasteiger partial charge in [-0.15, -0.1) is 0 Å². The molecule has 114 valence electrons. The summed E-state index contributed by atoms with van der Waals surface area (Å²) in [6.45, 7) is 10.1. The van der Waals surface area contributed by atoms with Crippen molar-refractivity contribution in [1.82, 2.24) is 5.32 Å².